The highest BCUT2D eigenvalue weighted by molar-refractivity contribution is 5.95. The quantitative estimate of drug-likeness (QED) is 0.885. The second-order valence-corrected chi connectivity index (χ2v) is 5.70. The van der Waals surface area contributed by atoms with Crippen molar-refractivity contribution in [3.63, 3.8) is 0 Å². The first-order chi connectivity index (χ1) is 11.8. The van der Waals surface area contributed by atoms with Gasteiger partial charge in [-0.1, -0.05) is 24.3 Å². The SMILES string of the molecule is COc1ccccc1OCC(=O)Nc1ccccc1N1CCCC1. The molecule has 1 amide bonds. The minimum atomic E-state index is -0.187. The Hall–Kier alpha value is -2.69. The summed E-state index contributed by atoms with van der Waals surface area (Å²) in [5, 5.41) is 2.95. The largest absolute Gasteiger partial charge is 0.493 e. The Balaban J connectivity index is 1.63. The van der Waals surface area contributed by atoms with E-state index in [9.17, 15) is 4.79 Å². The zero-order chi connectivity index (χ0) is 16.8. The average molecular weight is 326 g/mol. The van der Waals surface area contributed by atoms with E-state index < -0.39 is 0 Å². The third kappa shape index (κ3) is 3.79. The molecule has 1 heterocycles. The average Bonchev–Trinajstić information content (AvgIpc) is 3.15. The number of nitrogens with zero attached hydrogens (tertiary/aromatic N) is 1. The zero-order valence-electron chi connectivity index (χ0n) is 13.8. The molecule has 0 spiro atoms. The molecule has 2 aromatic rings. The van der Waals surface area contributed by atoms with Crippen molar-refractivity contribution < 1.29 is 14.3 Å². The van der Waals surface area contributed by atoms with E-state index in [1.54, 1.807) is 19.2 Å². The summed E-state index contributed by atoms with van der Waals surface area (Å²) in [7, 11) is 1.58. The Labute approximate surface area is 142 Å². The van der Waals surface area contributed by atoms with Crippen LogP contribution in [0.1, 0.15) is 12.8 Å². The topological polar surface area (TPSA) is 50.8 Å². The molecule has 5 heteroatoms. The fourth-order valence-corrected chi connectivity index (χ4v) is 2.88. The van der Waals surface area contributed by atoms with E-state index in [0.29, 0.717) is 11.5 Å². The molecule has 126 valence electrons. The summed E-state index contributed by atoms with van der Waals surface area (Å²) in [6.07, 6.45) is 2.39. The molecule has 0 aromatic heterocycles. The number of carbonyl (C=O) groups is 1. The molecular weight excluding hydrogens is 304 g/mol. The van der Waals surface area contributed by atoms with Gasteiger partial charge in [-0.15, -0.1) is 0 Å². The lowest BCUT2D eigenvalue weighted by molar-refractivity contribution is -0.118. The van der Waals surface area contributed by atoms with Gasteiger partial charge in [-0.2, -0.15) is 0 Å². The minimum absolute atomic E-state index is 0.0608. The second kappa shape index (κ2) is 7.73. The maximum absolute atomic E-state index is 12.3. The van der Waals surface area contributed by atoms with Gasteiger partial charge in [0, 0.05) is 13.1 Å². The van der Waals surface area contributed by atoms with E-state index in [1.807, 2.05) is 36.4 Å². The Morgan fingerprint density at radius 2 is 1.71 bits per heavy atom. The van der Waals surface area contributed by atoms with Crippen LogP contribution in [0.25, 0.3) is 0 Å². The second-order valence-electron chi connectivity index (χ2n) is 5.70. The maximum Gasteiger partial charge on any atom is 0.262 e. The molecule has 1 saturated heterocycles. The summed E-state index contributed by atoms with van der Waals surface area (Å²) in [6, 6.07) is 15.2. The van der Waals surface area contributed by atoms with Crippen LogP contribution in [0, 0.1) is 0 Å². The van der Waals surface area contributed by atoms with Crippen LogP contribution in [0.2, 0.25) is 0 Å². The standard InChI is InChI=1S/C19H22N2O3/c1-23-17-10-4-5-11-18(17)24-14-19(22)20-15-8-2-3-9-16(15)21-12-6-7-13-21/h2-5,8-11H,6-7,12-14H2,1H3,(H,20,22). The molecule has 0 saturated carbocycles. The van der Waals surface area contributed by atoms with Gasteiger partial charge in [-0.25, -0.2) is 0 Å². The molecule has 0 atom stereocenters. The highest BCUT2D eigenvalue weighted by atomic mass is 16.5. The Morgan fingerprint density at radius 3 is 2.46 bits per heavy atom. The molecule has 0 bridgehead atoms. The summed E-state index contributed by atoms with van der Waals surface area (Å²) in [4.78, 5) is 14.6. The van der Waals surface area contributed by atoms with E-state index in [2.05, 4.69) is 10.2 Å². The molecule has 24 heavy (non-hydrogen) atoms. The van der Waals surface area contributed by atoms with Gasteiger partial charge in [0.1, 0.15) is 0 Å². The molecule has 0 radical (unpaired) electrons. The number of nitrogens with one attached hydrogen (secondary N) is 1. The molecular formula is C19H22N2O3. The molecule has 1 fully saturated rings. The number of methoxy groups -OCH3 is 1. The Bertz CT molecular complexity index is 697. The van der Waals surface area contributed by atoms with Crippen molar-refractivity contribution in [2.24, 2.45) is 0 Å². The maximum atomic E-state index is 12.3. The number of ether oxygens (including phenoxy) is 2. The highest BCUT2D eigenvalue weighted by Gasteiger charge is 2.16. The molecule has 1 aliphatic rings. The molecule has 0 aliphatic carbocycles. The summed E-state index contributed by atoms with van der Waals surface area (Å²) >= 11 is 0. The van der Waals surface area contributed by atoms with Gasteiger partial charge < -0.3 is 19.7 Å². The van der Waals surface area contributed by atoms with Crippen molar-refractivity contribution in [2.45, 2.75) is 12.8 Å². The lowest BCUT2D eigenvalue weighted by Crippen LogP contribution is -2.24. The monoisotopic (exact) mass is 326 g/mol. The first-order valence-electron chi connectivity index (χ1n) is 8.17. The number of rotatable bonds is 6. The molecule has 0 unspecified atom stereocenters. The van der Waals surface area contributed by atoms with Crippen LogP contribution in [-0.4, -0.2) is 32.7 Å². The Kier molecular flexibility index (Phi) is 5.21. The van der Waals surface area contributed by atoms with Gasteiger partial charge >= 0.3 is 0 Å². The fraction of sp³-hybridized carbons (Fsp3) is 0.316. The molecule has 2 aromatic carbocycles. The smallest absolute Gasteiger partial charge is 0.262 e. The zero-order valence-corrected chi connectivity index (χ0v) is 13.8. The molecule has 3 rings (SSSR count). The van der Waals surface area contributed by atoms with Crippen molar-refractivity contribution >= 4 is 17.3 Å². The molecule has 1 N–H and O–H groups in total. The van der Waals surface area contributed by atoms with Gasteiger partial charge in [0.2, 0.25) is 0 Å². The van der Waals surface area contributed by atoms with Crippen molar-refractivity contribution in [2.75, 3.05) is 37.0 Å². The number of hydrogen-bond donors (Lipinski definition) is 1. The lowest BCUT2D eigenvalue weighted by Gasteiger charge is -2.21. The summed E-state index contributed by atoms with van der Waals surface area (Å²) < 4.78 is 10.8. The van der Waals surface area contributed by atoms with Crippen molar-refractivity contribution in [3.05, 3.63) is 48.5 Å². The number of amides is 1. The number of hydrogen-bond acceptors (Lipinski definition) is 4. The minimum Gasteiger partial charge on any atom is -0.493 e. The van der Waals surface area contributed by atoms with E-state index >= 15 is 0 Å². The lowest BCUT2D eigenvalue weighted by atomic mass is 10.2. The van der Waals surface area contributed by atoms with Gasteiger partial charge in [0.15, 0.2) is 18.1 Å². The van der Waals surface area contributed by atoms with Crippen LogP contribution in [0.4, 0.5) is 11.4 Å². The van der Waals surface area contributed by atoms with E-state index in [-0.39, 0.29) is 12.5 Å². The van der Waals surface area contributed by atoms with E-state index in [1.165, 1.54) is 12.8 Å². The third-order valence-corrected chi connectivity index (χ3v) is 4.05. The van der Waals surface area contributed by atoms with Crippen molar-refractivity contribution in [1.82, 2.24) is 0 Å². The van der Waals surface area contributed by atoms with Crippen molar-refractivity contribution in [1.29, 1.82) is 0 Å². The highest BCUT2D eigenvalue weighted by Crippen LogP contribution is 2.29. The summed E-state index contributed by atoms with van der Waals surface area (Å²) in [5.41, 5.74) is 1.90. The summed E-state index contributed by atoms with van der Waals surface area (Å²) in [5.74, 6) is 0.985. The van der Waals surface area contributed by atoms with Gasteiger partial charge in [0.05, 0.1) is 18.5 Å². The van der Waals surface area contributed by atoms with Gasteiger partial charge in [-0.05, 0) is 37.1 Å². The van der Waals surface area contributed by atoms with Crippen LogP contribution in [0.5, 0.6) is 11.5 Å². The predicted octanol–water partition coefficient (Wildman–Crippen LogP) is 3.31. The molecule has 1 aliphatic heterocycles. The van der Waals surface area contributed by atoms with E-state index in [0.717, 1.165) is 24.5 Å². The van der Waals surface area contributed by atoms with E-state index in [4.69, 9.17) is 9.47 Å². The normalized spacial score (nSPS) is 13.6. The van der Waals surface area contributed by atoms with Crippen LogP contribution < -0.4 is 19.7 Å². The summed E-state index contributed by atoms with van der Waals surface area (Å²) in [6.45, 7) is 2.00. The number of carbonyl (C=O) groups excluding carboxylic acids is 1. The third-order valence-electron chi connectivity index (χ3n) is 4.05. The van der Waals surface area contributed by atoms with Crippen LogP contribution in [-0.2, 0) is 4.79 Å². The number of para-hydroxylation sites is 4. The van der Waals surface area contributed by atoms with Gasteiger partial charge in [0.25, 0.3) is 5.91 Å². The first kappa shape index (κ1) is 16.2. The first-order valence-corrected chi connectivity index (χ1v) is 8.17. The number of anilines is 2. The molecule has 5 nitrogen and oxygen atoms in total. The number of benzene rings is 2. The van der Waals surface area contributed by atoms with Crippen LogP contribution in [0.3, 0.4) is 0 Å². The predicted molar refractivity (Wildman–Crippen MR) is 95.0 cm³/mol. The van der Waals surface area contributed by atoms with Crippen LogP contribution >= 0.6 is 0 Å². The Morgan fingerprint density at radius 1 is 1.04 bits per heavy atom. The fourth-order valence-electron chi connectivity index (χ4n) is 2.88. The van der Waals surface area contributed by atoms with Gasteiger partial charge in [-0.3, -0.25) is 4.79 Å². The van der Waals surface area contributed by atoms with Crippen molar-refractivity contribution in [3.8, 4) is 11.5 Å². The van der Waals surface area contributed by atoms with Crippen LogP contribution in [0.15, 0.2) is 48.5 Å².